The van der Waals surface area contributed by atoms with Gasteiger partial charge in [-0.15, -0.1) is 0 Å². The standard InChI is InChI=1S/C16H20BrNO2.C4H4O4/c1-18-13-6-7-14(18)10-15(9-13)20-16(19)8-11-2-4-12(17)5-3-11;5-3(6)1-2-4(7)8/h2-5,13-15H,6-10H2,1H3;1-2H,(H,5,6)(H,7,8)/p-2/b;2-1-. The summed E-state index contributed by atoms with van der Waals surface area (Å²) in [6.07, 6.45) is 5.76. The van der Waals surface area contributed by atoms with Crippen LogP contribution in [0.15, 0.2) is 40.9 Å². The normalized spacial score (nSPS) is 23.7. The average molecular weight is 452 g/mol. The molecule has 28 heavy (non-hydrogen) atoms. The molecule has 0 amide bonds. The minimum atomic E-state index is -1.55. The van der Waals surface area contributed by atoms with Crippen molar-refractivity contribution >= 4 is 33.8 Å². The van der Waals surface area contributed by atoms with E-state index in [1.807, 2.05) is 24.3 Å². The van der Waals surface area contributed by atoms with Crippen LogP contribution in [0.3, 0.4) is 0 Å². The molecule has 0 radical (unpaired) electrons. The number of carboxylic acids is 2. The molecule has 0 aromatic heterocycles. The van der Waals surface area contributed by atoms with E-state index in [4.69, 9.17) is 4.74 Å². The number of aliphatic carboxylic acids is 2. The lowest BCUT2D eigenvalue weighted by atomic mass is 10.0. The van der Waals surface area contributed by atoms with Crippen LogP contribution >= 0.6 is 15.9 Å². The van der Waals surface area contributed by atoms with Crippen LogP contribution in [-0.4, -0.2) is 48.0 Å². The van der Waals surface area contributed by atoms with Crippen molar-refractivity contribution in [3.05, 3.63) is 46.5 Å². The first-order valence-corrected chi connectivity index (χ1v) is 9.79. The van der Waals surface area contributed by atoms with Gasteiger partial charge < -0.3 is 29.4 Å². The molecule has 152 valence electrons. The third kappa shape index (κ3) is 7.09. The van der Waals surface area contributed by atoms with Crippen LogP contribution in [-0.2, 0) is 25.5 Å². The van der Waals surface area contributed by atoms with Crippen LogP contribution in [0.1, 0.15) is 31.2 Å². The third-order valence-corrected chi connectivity index (χ3v) is 5.50. The summed E-state index contributed by atoms with van der Waals surface area (Å²) >= 11 is 3.40. The maximum absolute atomic E-state index is 12.0. The van der Waals surface area contributed by atoms with Crippen LogP contribution in [0.4, 0.5) is 0 Å². The molecule has 7 nitrogen and oxygen atoms in total. The maximum atomic E-state index is 12.0. The van der Waals surface area contributed by atoms with Crippen molar-refractivity contribution < 1.29 is 29.3 Å². The van der Waals surface area contributed by atoms with Gasteiger partial charge in [-0.1, -0.05) is 28.1 Å². The van der Waals surface area contributed by atoms with Gasteiger partial charge in [-0.05, 0) is 62.6 Å². The van der Waals surface area contributed by atoms with Gasteiger partial charge >= 0.3 is 5.97 Å². The third-order valence-electron chi connectivity index (χ3n) is 4.97. The van der Waals surface area contributed by atoms with Gasteiger partial charge in [0.15, 0.2) is 0 Å². The number of hydrogen-bond donors (Lipinski definition) is 0. The van der Waals surface area contributed by atoms with Crippen LogP contribution in [0, 0.1) is 0 Å². The average Bonchev–Trinajstić information content (AvgIpc) is 2.83. The molecule has 1 aromatic carbocycles. The highest BCUT2D eigenvalue weighted by Gasteiger charge is 2.39. The van der Waals surface area contributed by atoms with Crippen molar-refractivity contribution in [2.24, 2.45) is 0 Å². The van der Waals surface area contributed by atoms with E-state index in [1.54, 1.807) is 0 Å². The number of carboxylic acid groups (broad SMARTS) is 2. The fourth-order valence-corrected chi connectivity index (χ4v) is 3.85. The maximum Gasteiger partial charge on any atom is 0.310 e. The molecule has 0 spiro atoms. The molecule has 2 unspecified atom stereocenters. The zero-order chi connectivity index (χ0) is 20.7. The zero-order valence-corrected chi connectivity index (χ0v) is 17.1. The van der Waals surface area contributed by atoms with Gasteiger partial charge in [-0.2, -0.15) is 0 Å². The molecule has 2 heterocycles. The fraction of sp³-hybridized carbons (Fsp3) is 0.450. The van der Waals surface area contributed by atoms with Crippen LogP contribution in [0.5, 0.6) is 0 Å². The van der Waals surface area contributed by atoms with Crippen molar-refractivity contribution in [2.45, 2.75) is 50.3 Å². The Morgan fingerprint density at radius 2 is 1.57 bits per heavy atom. The SMILES string of the molecule is CN1C2CCC1CC(OC(=O)Cc1ccc(Br)cc1)C2.O=C([O-])/C=C\C(=O)[O-]. The lowest BCUT2D eigenvalue weighted by Gasteiger charge is -2.35. The molecule has 2 atom stereocenters. The molecule has 0 aliphatic carbocycles. The molecule has 1 aromatic rings. The Morgan fingerprint density at radius 3 is 2.04 bits per heavy atom. The van der Waals surface area contributed by atoms with Crippen molar-refractivity contribution in [1.82, 2.24) is 4.90 Å². The molecule has 2 aliphatic rings. The number of carbonyl (C=O) groups is 3. The van der Waals surface area contributed by atoms with E-state index in [9.17, 15) is 24.6 Å². The van der Waals surface area contributed by atoms with Crippen molar-refractivity contribution in [2.75, 3.05) is 7.05 Å². The van der Waals surface area contributed by atoms with Crippen LogP contribution < -0.4 is 10.2 Å². The number of carbonyl (C=O) groups excluding carboxylic acids is 3. The number of ether oxygens (including phenoxy) is 1. The van der Waals surface area contributed by atoms with E-state index in [-0.39, 0.29) is 12.1 Å². The Labute approximate surface area is 172 Å². The number of halogens is 1. The van der Waals surface area contributed by atoms with E-state index in [1.165, 1.54) is 12.8 Å². The summed E-state index contributed by atoms with van der Waals surface area (Å²) in [5, 5.41) is 18.8. The van der Waals surface area contributed by atoms with Gasteiger partial charge in [0, 0.05) is 16.6 Å². The molecule has 2 bridgehead atoms. The molecular formula is C20H22BrNO6-2. The van der Waals surface area contributed by atoms with Gasteiger partial charge in [-0.3, -0.25) is 4.79 Å². The highest BCUT2D eigenvalue weighted by Crippen LogP contribution is 2.35. The highest BCUT2D eigenvalue weighted by molar-refractivity contribution is 9.10. The summed E-state index contributed by atoms with van der Waals surface area (Å²) in [5.74, 6) is -3.19. The first kappa shape index (κ1) is 22.1. The molecule has 2 fully saturated rings. The van der Waals surface area contributed by atoms with Gasteiger partial charge in [0.2, 0.25) is 0 Å². The highest BCUT2D eigenvalue weighted by atomic mass is 79.9. The number of piperidine rings is 1. The molecule has 2 aliphatic heterocycles. The number of esters is 1. The van der Waals surface area contributed by atoms with E-state index in [0.29, 0.717) is 30.7 Å². The Morgan fingerprint density at radius 1 is 1.07 bits per heavy atom. The quantitative estimate of drug-likeness (QED) is 0.464. The zero-order valence-electron chi connectivity index (χ0n) is 15.5. The molecule has 3 rings (SSSR count). The molecule has 0 N–H and O–H groups in total. The second kappa shape index (κ2) is 10.4. The predicted molar refractivity (Wildman–Crippen MR) is 101 cm³/mol. The summed E-state index contributed by atoms with van der Waals surface area (Å²) in [6, 6.07) is 9.06. The second-order valence-electron chi connectivity index (χ2n) is 6.91. The number of benzene rings is 1. The first-order valence-electron chi connectivity index (χ1n) is 9.00. The summed E-state index contributed by atoms with van der Waals surface area (Å²) in [6.45, 7) is 0. The molecular weight excluding hydrogens is 430 g/mol. The van der Waals surface area contributed by atoms with Gasteiger partial charge in [0.25, 0.3) is 0 Å². The van der Waals surface area contributed by atoms with Crippen molar-refractivity contribution in [1.29, 1.82) is 0 Å². The lowest BCUT2D eigenvalue weighted by Crippen LogP contribution is -2.43. The van der Waals surface area contributed by atoms with Gasteiger partial charge in [0.1, 0.15) is 6.10 Å². The predicted octanol–water partition coefficient (Wildman–Crippen LogP) is 0.202. The van der Waals surface area contributed by atoms with Crippen molar-refractivity contribution in [3.63, 3.8) is 0 Å². The monoisotopic (exact) mass is 451 g/mol. The van der Waals surface area contributed by atoms with E-state index >= 15 is 0 Å². The van der Waals surface area contributed by atoms with Crippen molar-refractivity contribution in [3.8, 4) is 0 Å². The smallest absolute Gasteiger partial charge is 0.310 e. The Balaban J connectivity index is 0.000000300. The van der Waals surface area contributed by atoms with E-state index < -0.39 is 11.9 Å². The lowest BCUT2D eigenvalue weighted by molar-refractivity contribution is -0.301. The summed E-state index contributed by atoms with van der Waals surface area (Å²) < 4.78 is 6.71. The first-order chi connectivity index (χ1) is 13.2. The van der Waals surface area contributed by atoms with Gasteiger partial charge in [-0.25, -0.2) is 0 Å². The summed E-state index contributed by atoms with van der Waals surface area (Å²) in [7, 11) is 2.20. The number of hydrogen-bond acceptors (Lipinski definition) is 7. The minimum absolute atomic E-state index is 0.0960. The van der Waals surface area contributed by atoms with Crippen LogP contribution in [0.25, 0.3) is 0 Å². The largest absolute Gasteiger partial charge is 0.545 e. The van der Waals surface area contributed by atoms with Crippen LogP contribution in [0.2, 0.25) is 0 Å². The molecule has 0 saturated carbocycles. The summed E-state index contributed by atoms with van der Waals surface area (Å²) in [5.41, 5.74) is 1.01. The molecule has 8 heteroatoms. The fourth-order valence-electron chi connectivity index (χ4n) is 3.59. The second-order valence-corrected chi connectivity index (χ2v) is 7.82. The number of rotatable bonds is 5. The van der Waals surface area contributed by atoms with Gasteiger partial charge in [0.05, 0.1) is 18.4 Å². The number of nitrogens with zero attached hydrogens (tertiary/aromatic N) is 1. The molecule has 2 saturated heterocycles. The summed E-state index contributed by atoms with van der Waals surface area (Å²) in [4.78, 5) is 33.3. The topological polar surface area (TPSA) is 110 Å². The Bertz CT molecular complexity index is 703. The van der Waals surface area contributed by atoms with E-state index in [0.717, 1.165) is 22.9 Å². The van der Waals surface area contributed by atoms with E-state index in [2.05, 4.69) is 27.9 Å². The minimum Gasteiger partial charge on any atom is -0.545 e. The number of fused-ring (bicyclic) bond motifs is 2. The Kier molecular flexibility index (Phi) is 8.19. The Hall–Kier alpha value is -2.19.